The molecule has 0 spiro atoms. The van der Waals surface area contributed by atoms with E-state index in [1.54, 1.807) is 18.2 Å². The molecule has 0 fully saturated rings. The van der Waals surface area contributed by atoms with Gasteiger partial charge in [0.15, 0.2) is 4.87 Å². The number of nitrogens with zero attached hydrogens (tertiary/aromatic N) is 1. The summed E-state index contributed by atoms with van der Waals surface area (Å²) in [5.41, 5.74) is 5.50. The van der Waals surface area contributed by atoms with E-state index in [4.69, 9.17) is 5.73 Å². The fourth-order valence-corrected chi connectivity index (χ4v) is 3.49. The van der Waals surface area contributed by atoms with Crippen molar-refractivity contribution in [2.75, 3.05) is 0 Å². The maximum Gasteiger partial charge on any atom is 0.265 e. The first-order valence-corrected chi connectivity index (χ1v) is 7.24. The molecule has 3 N–H and O–H groups in total. The van der Waals surface area contributed by atoms with Crippen LogP contribution in [-0.4, -0.2) is 10.9 Å². The van der Waals surface area contributed by atoms with Crippen molar-refractivity contribution in [3.05, 3.63) is 76.6 Å². The second-order valence-electron chi connectivity index (χ2n) is 4.63. The normalized spacial score (nSPS) is 20.4. The molecule has 2 heterocycles. The highest BCUT2D eigenvalue weighted by atomic mass is 32.2. The average Bonchev–Trinajstić information content (AvgIpc) is 2.94. The Hall–Kier alpha value is -2.41. The van der Waals surface area contributed by atoms with Crippen LogP contribution >= 0.6 is 11.8 Å². The van der Waals surface area contributed by atoms with E-state index in [1.807, 2.05) is 0 Å². The van der Waals surface area contributed by atoms with E-state index in [9.17, 15) is 13.6 Å². The van der Waals surface area contributed by atoms with Crippen molar-refractivity contribution in [3.63, 3.8) is 0 Å². The molecule has 4 nitrogen and oxygen atoms in total. The van der Waals surface area contributed by atoms with Crippen molar-refractivity contribution in [1.29, 1.82) is 0 Å². The largest absolute Gasteiger partial charge is 0.364 e. The summed E-state index contributed by atoms with van der Waals surface area (Å²) in [5, 5.41) is 4.27. The van der Waals surface area contributed by atoms with Crippen molar-refractivity contribution >= 4 is 17.7 Å². The zero-order valence-electron chi connectivity index (χ0n) is 11.2. The third kappa shape index (κ3) is 2.23. The van der Waals surface area contributed by atoms with E-state index < -0.39 is 22.4 Å². The number of aromatic nitrogens is 1. The van der Waals surface area contributed by atoms with Gasteiger partial charge in [0.1, 0.15) is 17.3 Å². The molecule has 2 aromatic rings. The van der Waals surface area contributed by atoms with Crippen molar-refractivity contribution in [1.82, 2.24) is 10.3 Å². The lowest BCUT2D eigenvalue weighted by molar-refractivity contribution is -0.114. The molecule has 1 unspecified atom stereocenters. The second-order valence-corrected chi connectivity index (χ2v) is 5.72. The molecule has 1 amide bonds. The average molecular weight is 319 g/mol. The topological polar surface area (TPSA) is 68.0 Å². The van der Waals surface area contributed by atoms with Gasteiger partial charge in [0.25, 0.3) is 5.91 Å². The number of primary amides is 1. The number of nitrogens with two attached hydrogens (primary N) is 1. The zero-order chi connectivity index (χ0) is 15.7. The fourth-order valence-electron chi connectivity index (χ4n) is 2.29. The molecule has 1 aliphatic rings. The zero-order valence-corrected chi connectivity index (χ0v) is 12.0. The van der Waals surface area contributed by atoms with Crippen LogP contribution in [0.25, 0.3) is 0 Å². The number of benzene rings is 1. The molecule has 22 heavy (non-hydrogen) atoms. The Morgan fingerprint density at radius 3 is 2.45 bits per heavy atom. The highest BCUT2D eigenvalue weighted by Crippen LogP contribution is 2.46. The Labute approximate surface area is 129 Å². The monoisotopic (exact) mass is 319 g/mol. The van der Waals surface area contributed by atoms with Gasteiger partial charge in [0.05, 0.1) is 11.3 Å². The molecule has 0 radical (unpaired) electrons. The molecule has 0 aliphatic carbocycles. The predicted octanol–water partition coefficient (Wildman–Crippen LogP) is 2.22. The first kappa shape index (κ1) is 14.5. The minimum atomic E-state index is -1.37. The van der Waals surface area contributed by atoms with Crippen LogP contribution in [0.5, 0.6) is 0 Å². The van der Waals surface area contributed by atoms with Gasteiger partial charge in [-0.1, -0.05) is 23.9 Å². The Kier molecular flexibility index (Phi) is 3.58. The summed E-state index contributed by atoms with van der Waals surface area (Å²) < 4.78 is 28.6. The molecule has 1 atom stereocenters. The smallest absolute Gasteiger partial charge is 0.265 e. The minimum Gasteiger partial charge on any atom is -0.364 e. The van der Waals surface area contributed by atoms with E-state index in [0.717, 1.165) is 23.9 Å². The van der Waals surface area contributed by atoms with Gasteiger partial charge in [0, 0.05) is 11.6 Å². The van der Waals surface area contributed by atoms with Gasteiger partial charge < -0.3 is 11.1 Å². The van der Waals surface area contributed by atoms with Crippen LogP contribution in [-0.2, 0) is 9.67 Å². The minimum absolute atomic E-state index is 0.0818. The third-order valence-electron chi connectivity index (χ3n) is 3.27. The Morgan fingerprint density at radius 1 is 1.18 bits per heavy atom. The summed E-state index contributed by atoms with van der Waals surface area (Å²) in [6, 6.07) is 8.62. The molecular weight excluding hydrogens is 308 g/mol. The molecule has 1 aliphatic heterocycles. The summed E-state index contributed by atoms with van der Waals surface area (Å²) in [4.78, 5) is 14.2. The number of carbonyl (C=O) groups excluding carboxylic acids is 1. The molecule has 1 aromatic carbocycles. The van der Waals surface area contributed by atoms with Gasteiger partial charge in [-0.05, 0) is 24.3 Å². The van der Waals surface area contributed by atoms with Crippen LogP contribution in [0.1, 0.15) is 11.3 Å². The SMILES string of the molecule is NC(=O)C1=CSC(c2ccccn2)(c2c(F)cccc2F)N1. The lowest BCUT2D eigenvalue weighted by Crippen LogP contribution is -2.41. The van der Waals surface area contributed by atoms with Crippen LogP contribution in [0.15, 0.2) is 53.7 Å². The number of amides is 1. The van der Waals surface area contributed by atoms with Crippen molar-refractivity contribution < 1.29 is 13.6 Å². The Morgan fingerprint density at radius 2 is 1.91 bits per heavy atom. The standard InChI is InChI=1S/C15H11F2N3OS/c16-9-4-3-5-10(17)13(9)15(12-6-1-2-7-19-12)20-11(8-22-15)14(18)21/h1-8,20H,(H2,18,21). The lowest BCUT2D eigenvalue weighted by Gasteiger charge is -2.30. The summed E-state index contributed by atoms with van der Waals surface area (Å²) >= 11 is 1.04. The number of pyridine rings is 1. The summed E-state index contributed by atoms with van der Waals surface area (Å²) in [6.45, 7) is 0. The maximum absolute atomic E-state index is 14.3. The fraction of sp³-hybridized carbons (Fsp3) is 0.0667. The van der Waals surface area contributed by atoms with E-state index in [0.29, 0.717) is 5.69 Å². The van der Waals surface area contributed by atoms with Crippen molar-refractivity contribution in [2.24, 2.45) is 5.73 Å². The summed E-state index contributed by atoms with van der Waals surface area (Å²) in [5.74, 6) is -2.17. The molecule has 0 saturated carbocycles. The van der Waals surface area contributed by atoms with Crippen LogP contribution in [0.3, 0.4) is 0 Å². The number of thioether (sulfide) groups is 1. The van der Waals surface area contributed by atoms with E-state index >= 15 is 0 Å². The van der Waals surface area contributed by atoms with Gasteiger partial charge in [0.2, 0.25) is 0 Å². The molecule has 0 bridgehead atoms. The third-order valence-corrected chi connectivity index (χ3v) is 4.49. The first-order chi connectivity index (χ1) is 10.5. The summed E-state index contributed by atoms with van der Waals surface area (Å²) in [6.07, 6.45) is 1.51. The number of rotatable bonds is 3. The quantitative estimate of drug-likeness (QED) is 0.910. The lowest BCUT2D eigenvalue weighted by atomic mass is 10.00. The molecule has 7 heteroatoms. The summed E-state index contributed by atoms with van der Waals surface area (Å²) in [7, 11) is 0. The van der Waals surface area contributed by atoms with Crippen molar-refractivity contribution in [3.8, 4) is 0 Å². The highest BCUT2D eigenvalue weighted by molar-refractivity contribution is 8.03. The van der Waals surface area contributed by atoms with Gasteiger partial charge in [-0.15, -0.1) is 0 Å². The van der Waals surface area contributed by atoms with Crippen LogP contribution in [0, 0.1) is 11.6 Å². The van der Waals surface area contributed by atoms with Gasteiger partial charge in [-0.3, -0.25) is 9.78 Å². The number of carbonyl (C=O) groups is 1. The molecule has 3 rings (SSSR count). The molecule has 0 saturated heterocycles. The van der Waals surface area contributed by atoms with Crippen molar-refractivity contribution in [2.45, 2.75) is 4.87 Å². The maximum atomic E-state index is 14.3. The van der Waals surface area contributed by atoms with Crippen LogP contribution < -0.4 is 11.1 Å². The van der Waals surface area contributed by atoms with Gasteiger partial charge in [-0.2, -0.15) is 0 Å². The van der Waals surface area contributed by atoms with E-state index in [1.165, 1.54) is 17.7 Å². The highest BCUT2D eigenvalue weighted by Gasteiger charge is 2.45. The number of halogens is 2. The van der Waals surface area contributed by atoms with Crippen LogP contribution in [0.4, 0.5) is 8.78 Å². The van der Waals surface area contributed by atoms with Gasteiger partial charge >= 0.3 is 0 Å². The number of hydrogen-bond donors (Lipinski definition) is 2. The van der Waals surface area contributed by atoms with E-state index in [2.05, 4.69) is 10.3 Å². The Bertz CT molecular complexity index is 746. The number of nitrogens with one attached hydrogen (secondary N) is 1. The molecule has 112 valence electrons. The van der Waals surface area contributed by atoms with E-state index in [-0.39, 0.29) is 11.3 Å². The molecular formula is C15H11F2N3OS. The number of hydrogen-bond acceptors (Lipinski definition) is 4. The Balaban J connectivity index is 2.20. The first-order valence-electron chi connectivity index (χ1n) is 6.36. The predicted molar refractivity (Wildman–Crippen MR) is 79.4 cm³/mol. The van der Waals surface area contributed by atoms with Gasteiger partial charge in [-0.25, -0.2) is 8.78 Å². The second kappa shape index (κ2) is 5.42. The van der Waals surface area contributed by atoms with Crippen LogP contribution in [0.2, 0.25) is 0 Å². The molecule has 1 aromatic heterocycles.